The van der Waals surface area contributed by atoms with Crippen LogP contribution in [0.5, 0.6) is 0 Å². The van der Waals surface area contributed by atoms with E-state index in [-0.39, 0.29) is 17.6 Å². The topological polar surface area (TPSA) is 54.7 Å². The lowest BCUT2D eigenvalue weighted by Gasteiger charge is -2.30. The van der Waals surface area contributed by atoms with E-state index >= 15 is 0 Å². The standard InChI is InChI=1S/C19H24BrN3O2S2/c1-3-23-15-5-4-14(20)10-16(15)27-19(23)21-17(24)11-26-12-18(25)22-8-6-13(2)7-9-22/h4-5,10,13H,3,6-9,11-12H2,1-2H3. The SMILES string of the molecule is CCn1c(=NC(=O)CSCC(=O)N2CCC(C)CC2)sc2cc(Br)ccc21. The van der Waals surface area contributed by atoms with Crippen LogP contribution >= 0.6 is 39.0 Å². The van der Waals surface area contributed by atoms with Crippen LogP contribution in [0, 0.1) is 5.92 Å². The van der Waals surface area contributed by atoms with Crippen molar-refractivity contribution in [2.75, 3.05) is 24.6 Å². The Kier molecular flexibility index (Phi) is 7.16. The number of likely N-dealkylation sites (tertiary alicyclic amines) is 1. The first-order valence-corrected chi connectivity index (χ1v) is 12.0. The molecule has 146 valence electrons. The Morgan fingerprint density at radius 1 is 1.30 bits per heavy atom. The highest BCUT2D eigenvalue weighted by molar-refractivity contribution is 9.10. The maximum absolute atomic E-state index is 12.3. The number of piperidine rings is 1. The Hall–Kier alpha value is -1.12. The number of halogens is 1. The van der Waals surface area contributed by atoms with E-state index in [4.69, 9.17) is 0 Å². The average Bonchev–Trinajstić information content (AvgIpc) is 2.97. The smallest absolute Gasteiger partial charge is 0.258 e. The summed E-state index contributed by atoms with van der Waals surface area (Å²) in [5, 5.41) is 0. The molecule has 1 fully saturated rings. The van der Waals surface area contributed by atoms with E-state index in [2.05, 4.69) is 32.4 Å². The molecule has 0 aliphatic carbocycles. The summed E-state index contributed by atoms with van der Waals surface area (Å²) in [4.78, 5) is 31.5. The van der Waals surface area contributed by atoms with Crippen molar-refractivity contribution in [3.63, 3.8) is 0 Å². The number of aromatic nitrogens is 1. The number of rotatable bonds is 5. The van der Waals surface area contributed by atoms with Crippen molar-refractivity contribution in [3.8, 4) is 0 Å². The fourth-order valence-electron chi connectivity index (χ4n) is 3.15. The highest BCUT2D eigenvalue weighted by Gasteiger charge is 2.20. The van der Waals surface area contributed by atoms with Crippen LogP contribution in [0.1, 0.15) is 26.7 Å². The molecule has 0 radical (unpaired) electrons. The van der Waals surface area contributed by atoms with E-state index < -0.39 is 0 Å². The minimum Gasteiger partial charge on any atom is -0.342 e. The Balaban J connectivity index is 1.60. The van der Waals surface area contributed by atoms with Gasteiger partial charge in [-0.1, -0.05) is 34.2 Å². The van der Waals surface area contributed by atoms with Crippen molar-refractivity contribution in [1.82, 2.24) is 9.47 Å². The predicted molar refractivity (Wildman–Crippen MR) is 116 cm³/mol. The van der Waals surface area contributed by atoms with Crippen molar-refractivity contribution in [2.24, 2.45) is 10.9 Å². The molecule has 1 aliphatic rings. The summed E-state index contributed by atoms with van der Waals surface area (Å²) in [6.45, 7) is 6.71. The number of hydrogen-bond donors (Lipinski definition) is 0. The van der Waals surface area contributed by atoms with Gasteiger partial charge in [-0.3, -0.25) is 9.59 Å². The molecule has 0 unspecified atom stereocenters. The van der Waals surface area contributed by atoms with E-state index in [1.807, 2.05) is 30.0 Å². The summed E-state index contributed by atoms with van der Waals surface area (Å²) >= 11 is 6.36. The van der Waals surface area contributed by atoms with Gasteiger partial charge in [0.2, 0.25) is 5.91 Å². The molecule has 5 nitrogen and oxygen atoms in total. The summed E-state index contributed by atoms with van der Waals surface area (Å²) in [5.74, 6) is 1.23. The molecule has 1 aromatic heterocycles. The first kappa shape index (κ1) is 20.6. The number of thiazole rings is 1. The van der Waals surface area contributed by atoms with E-state index in [0.717, 1.165) is 47.2 Å². The van der Waals surface area contributed by atoms with Gasteiger partial charge in [-0.25, -0.2) is 0 Å². The second-order valence-corrected chi connectivity index (χ2v) is 9.71. The summed E-state index contributed by atoms with van der Waals surface area (Å²) in [6.07, 6.45) is 2.15. The fraction of sp³-hybridized carbons (Fsp3) is 0.526. The molecule has 27 heavy (non-hydrogen) atoms. The Morgan fingerprint density at radius 3 is 2.74 bits per heavy atom. The molecule has 2 amide bonds. The van der Waals surface area contributed by atoms with Crippen LogP contribution in [-0.4, -0.2) is 45.9 Å². The van der Waals surface area contributed by atoms with Crippen LogP contribution in [0.2, 0.25) is 0 Å². The van der Waals surface area contributed by atoms with Crippen LogP contribution < -0.4 is 4.80 Å². The summed E-state index contributed by atoms with van der Waals surface area (Å²) in [6, 6.07) is 6.08. The summed E-state index contributed by atoms with van der Waals surface area (Å²) < 4.78 is 4.16. The van der Waals surface area contributed by atoms with Gasteiger partial charge in [0.25, 0.3) is 5.91 Å². The maximum Gasteiger partial charge on any atom is 0.258 e. The third-order valence-corrected chi connectivity index (χ3v) is 7.21. The molecule has 0 bridgehead atoms. The molecule has 1 aliphatic heterocycles. The average molecular weight is 470 g/mol. The third-order valence-electron chi connectivity index (χ3n) is 4.77. The molecule has 3 rings (SSSR count). The van der Waals surface area contributed by atoms with Gasteiger partial charge >= 0.3 is 0 Å². The zero-order valence-corrected chi connectivity index (χ0v) is 18.8. The lowest BCUT2D eigenvalue weighted by atomic mass is 9.99. The van der Waals surface area contributed by atoms with Crippen LogP contribution in [0.25, 0.3) is 10.2 Å². The zero-order chi connectivity index (χ0) is 19.4. The van der Waals surface area contributed by atoms with E-state index in [9.17, 15) is 9.59 Å². The van der Waals surface area contributed by atoms with Gasteiger partial charge in [0.1, 0.15) is 0 Å². The van der Waals surface area contributed by atoms with E-state index in [0.29, 0.717) is 16.5 Å². The van der Waals surface area contributed by atoms with Crippen LogP contribution in [-0.2, 0) is 16.1 Å². The number of benzene rings is 1. The highest BCUT2D eigenvalue weighted by Crippen LogP contribution is 2.22. The second kappa shape index (κ2) is 9.39. The molecule has 0 N–H and O–H groups in total. The number of amides is 2. The van der Waals surface area contributed by atoms with Gasteiger partial charge in [-0.05, 0) is 43.9 Å². The summed E-state index contributed by atoms with van der Waals surface area (Å²) in [5.41, 5.74) is 1.08. The zero-order valence-electron chi connectivity index (χ0n) is 15.6. The van der Waals surface area contributed by atoms with Crippen molar-refractivity contribution in [1.29, 1.82) is 0 Å². The normalized spacial score (nSPS) is 16.3. The fourth-order valence-corrected chi connectivity index (χ4v) is 5.51. The van der Waals surface area contributed by atoms with Crippen molar-refractivity contribution < 1.29 is 9.59 Å². The third kappa shape index (κ3) is 5.23. The number of fused-ring (bicyclic) bond motifs is 1. The van der Waals surface area contributed by atoms with Crippen molar-refractivity contribution in [2.45, 2.75) is 33.2 Å². The van der Waals surface area contributed by atoms with Gasteiger partial charge in [0.05, 0.1) is 21.7 Å². The van der Waals surface area contributed by atoms with Crippen molar-refractivity contribution >= 4 is 61.1 Å². The molecule has 8 heteroatoms. The summed E-state index contributed by atoms with van der Waals surface area (Å²) in [7, 11) is 0. The van der Waals surface area contributed by atoms with Crippen molar-refractivity contribution in [3.05, 3.63) is 27.5 Å². The number of nitrogens with zero attached hydrogens (tertiary/aromatic N) is 3. The van der Waals surface area contributed by atoms with E-state index in [1.54, 1.807) is 0 Å². The Labute approximate surface area is 176 Å². The van der Waals surface area contributed by atoms with Gasteiger partial charge in [0, 0.05) is 24.1 Å². The van der Waals surface area contributed by atoms with Gasteiger partial charge < -0.3 is 9.47 Å². The Morgan fingerprint density at radius 2 is 2.04 bits per heavy atom. The second-order valence-electron chi connectivity index (χ2n) is 6.80. The molecule has 2 aromatic rings. The molecule has 1 aromatic carbocycles. The molecular weight excluding hydrogens is 446 g/mol. The molecule has 1 saturated heterocycles. The van der Waals surface area contributed by atoms with E-state index in [1.165, 1.54) is 23.1 Å². The monoisotopic (exact) mass is 469 g/mol. The van der Waals surface area contributed by atoms with Gasteiger partial charge in [-0.15, -0.1) is 11.8 Å². The quantitative estimate of drug-likeness (QED) is 0.666. The number of hydrogen-bond acceptors (Lipinski definition) is 4. The van der Waals surface area contributed by atoms with Gasteiger partial charge in [0.15, 0.2) is 4.80 Å². The molecule has 0 atom stereocenters. The molecule has 0 saturated carbocycles. The van der Waals surface area contributed by atoms with Crippen LogP contribution in [0.4, 0.5) is 0 Å². The number of thioether (sulfide) groups is 1. The predicted octanol–water partition coefficient (Wildman–Crippen LogP) is 3.90. The lowest BCUT2D eigenvalue weighted by molar-refractivity contribution is -0.129. The first-order chi connectivity index (χ1) is 13.0. The van der Waals surface area contributed by atoms with Gasteiger partial charge in [-0.2, -0.15) is 4.99 Å². The molecule has 2 heterocycles. The minimum atomic E-state index is -0.187. The highest BCUT2D eigenvalue weighted by atomic mass is 79.9. The lowest BCUT2D eigenvalue weighted by Crippen LogP contribution is -2.39. The molecule has 0 spiro atoms. The van der Waals surface area contributed by atoms with Crippen LogP contribution in [0.3, 0.4) is 0 Å². The number of carbonyl (C=O) groups is 2. The minimum absolute atomic E-state index is 0.134. The van der Waals surface area contributed by atoms with Crippen LogP contribution in [0.15, 0.2) is 27.7 Å². The Bertz CT molecular complexity index is 898. The number of carbonyl (C=O) groups excluding carboxylic acids is 2. The maximum atomic E-state index is 12.3. The number of aryl methyl sites for hydroxylation is 1. The molecular formula is C19H24BrN3O2S2. The largest absolute Gasteiger partial charge is 0.342 e. The first-order valence-electron chi connectivity index (χ1n) is 9.20.